The number of hydrogen-bond acceptors (Lipinski definition) is 5. The van der Waals surface area contributed by atoms with Crippen LogP contribution in [0.2, 0.25) is 0 Å². The summed E-state index contributed by atoms with van der Waals surface area (Å²) in [4.78, 5) is 24.1. The molecular weight excluding hydrogens is 330 g/mol. The van der Waals surface area contributed by atoms with Gasteiger partial charge in [0.25, 0.3) is 5.91 Å². The Morgan fingerprint density at radius 2 is 1.78 bits per heavy atom. The molecular formula is C17H11NO3S2. The van der Waals surface area contributed by atoms with E-state index < -0.39 is 5.97 Å². The van der Waals surface area contributed by atoms with Crippen molar-refractivity contribution < 1.29 is 14.3 Å². The summed E-state index contributed by atoms with van der Waals surface area (Å²) in [5.41, 5.74) is 1.32. The van der Waals surface area contributed by atoms with E-state index >= 15 is 0 Å². The number of carbonyl (C=O) groups is 2. The van der Waals surface area contributed by atoms with E-state index in [0.717, 1.165) is 5.56 Å². The van der Waals surface area contributed by atoms with Crippen LogP contribution in [0.15, 0.2) is 59.5 Å². The van der Waals surface area contributed by atoms with E-state index in [1.54, 1.807) is 54.6 Å². The summed E-state index contributed by atoms with van der Waals surface area (Å²) in [7, 11) is 0. The van der Waals surface area contributed by atoms with Gasteiger partial charge in [-0.25, -0.2) is 4.79 Å². The highest BCUT2D eigenvalue weighted by atomic mass is 32.2. The molecule has 1 aliphatic heterocycles. The zero-order valence-electron chi connectivity index (χ0n) is 11.8. The van der Waals surface area contributed by atoms with Gasteiger partial charge in [0, 0.05) is 0 Å². The van der Waals surface area contributed by atoms with E-state index in [1.807, 2.05) is 6.07 Å². The predicted octanol–water partition coefficient (Wildman–Crippen LogP) is 3.39. The molecule has 23 heavy (non-hydrogen) atoms. The van der Waals surface area contributed by atoms with Crippen LogP contribution in [0, 0.1) is 0 Å². The summed E-state index contributed by atoms with van der Waals surface area (Å²) in [6, 6.07) is 15.7. The second-order valence-electron chi connectivity index (χ2n) is 4.68. The molecule has 1 aliphatic rings. The Kier molecular flexibility index (Phi) is 4.55. The number of benzene rings is 2. The molecule has 114 valence electrons. The second kappa shape index (κ2) is 6.76. The predicted molar refractivity (Wildman–Crippen MR) is 94.2 cm³/mol. The van der Waals surface area contributed by atoms with Gasteiger partial charge < -0.3 is 10.1 Å². The van der Waals surface area contributed by atoms with Crippen molar-refractivity contribution >= 4 is 46.3 Å². The molecule has 0 unspecified atom stereocenters. The van der Waals surface area contributed by atoms with Crippen LogP contribution in [-0.2, 0) is 4.79 Å². The Hall–Kier alpha value is -2.44. The molecule has 0 aliphatic carbocycles. The van der Waals surface area contributed by atoms with Gasteiger partial charge >= 0.3 is 5.97 Å². The van der Waals surface area contributed by atoms with Crippen LogP contribution >= 0.6 is 24.0 Å². The smallest absolute Gasteiger partial charge is 0.343 e. The summed E-state index contributed by atoms with van der Waals surface area (Å²) in [5.74, 6) is -0.160. The average molecular weight is 341 g/mol. The first-order chi connectivity index (χ1) is 11.1. The third kappa shape index (κ3) is 3.85. The van der Waals surface area contributed by atoms with Crippen LogP contribution in [-0.4, -0.2) is 16.2 Å². The highest BCUT2D eigenvalue weighted by Gasteiger charge is 2.21. The molecule has 2 aromatic rings. The Balaban J connectivity index is 1.70. The normalized spacial score (nSPS) is 15.6. The van der Waals surface area contributed by atoms with Gasteiger partial charge in [-0.05, 0) is 35.9 Å². The van der Waals surface area contributed by atoms with Crippen LogP contribution in [0.1, 0.15) is 15.9 Å². The van der Waals surface area contributed by atoms with Crippen molar-refractivity contribution in [3.05, 3.63) is 70.6 Å². The van der Waals surface area contributed by atoms with E-state index in [9.17, 15) is 9.59 Å². The van der Waals surface area contributed by atoms with Gasteiger partial charge in [-0.3, -0.25) is 4.79 Å². The number of ether oxygens (including phenoxy) is 1. The summed E-state index contributed by atoms with van der Waals surface area (Å²) in [5, 5.41) is 2.56. The monoisotopic (exact) mass is 341 g/mol. The minimum Gasteiger partial charge on any atom is -0.423 e. The molecule has 0 bridgehead atoms. The summed E-state index contributed by atoms with van der Waals surface area (Å²) >= 11 is 6.16. The van der Waals surface area contributed by atoms with Crippen molar-refractivity contribution in [1.82, 2.24) is 5.32 Å². The molecule has 0 spiro atoms. The van der Waals surface area contributed by atoms with Gasteiger partial charge in [0.1, 0.15) is 10.1 Å². The van der Waals surface area contributed by atoms with Crippen molar-refractivity contribution in [2.75, 3.05) is 0 Å². The molecule has 1 saturated heterocycles. The molecule has 1 fully saturated rings. The fourth-order valence-corrected chi connectivity index (χ4v) is 2.99. The zero-order chi connectivity index (χ0) is 16.2. The highest BCUT2D eigenvalue weighted by Crippen LogP contribution is 2.26. The number of nitrogens with one attached hydrogen (secondary N) is 1. The lowest BCUT2D eigenvalue weighted by atomic mass is 10.2. The number of amides is 1. The molecule has 4 nitrogen and oxygen atoms in total. The lowest BCUT2D eigenvalue weighted by molar-refractivity contribution is -0.115. The molecule has 1 N–H and O–H groups in total. The first-order valence-electron chi connectivity index (χ1n) is 6.74. The summed E-state index contributed by atoms with van der Waals surface area (Å²) in [6.45, 7) is 0. The number of carbonyl (C=O) groups excluding carboxylic acids is 2. The Morgan fingerprint density at radius 1 is 1.09 bits per heavy atom. The molecule has 6 heteroatoms. The minimum atomic E-state index is -0.409. The van der Waals surface area contributed by atoms with Gasteiger partial charge in [-0.15, -0.1) is 0 Å². The van der Waals surface area contributed by atoms with Gasteiger partial charge in [0.2, 0.25) is 0 Å². The summed E-state index contributed by atoms with van der Waals surface area (Å²) < 4.78 is 5.75. The zero-order valence-corrected chi connectivity index (χ0v) is 13.4. The first-order valence-corrected chi connectivity index (χ1v) is 7.96. The standard InChI is InChI=1S/C17H11NO3S2/c19-15-14(23-17(22)18-15)10-11-6-8-13(9-7-11)21-16(20)12-4-2-1-3-5-12/h1-10H,(H,18,19,22)/b14-10+. The summed E-state index contributed by atoms with van der Waals surface area (Å²) in [6.07, 6.45) is 1.74. The minimum absolute atomic E-state index is 0.195. The lowest BCUT2D eigenvalue weighted by Crippen LogP contribution is -2.17. The SMILES string of the molecule is O=C1NC(=S)S/C1=C/c1ccc(OC(=O)c2ccccc2)cc1. The maximum Gasteiger partial charge on any atom is 0.343 e. The van der Waals surface area contributed by atoms with Crippen LogP contribution in [0.3, 0.4) is 0 Å². The van der Waals surface area contributed by atoms with Crippen molar-refractivity contribution in [3.8, 4) is 5.75 Å². The largest absolute Gasteiger partial charge is 0.423 e. The Morgan fingerprint density at radius 3 is 2.39 bits per heavy atom. The maximum atomic E-state index is 12.0. The number of rotatable bonds is 3. The second-order valence-corrected chi connectivity index (χ2v) is 6.40. The lowest BCUT2D eigenvalue weighted by Gasteiger charge is -2.04. The van der Waals surface area contributed by atoms with Gasteiger partial charge in [0.15, 0.2) is 0 Å². The molecule has 2 aromatic carbocycles. The Labute approximate surface area is 142 Å². The topological polar surface area (TPSA) is 55.4 Å². The van der Waals surface area contributed by atoms with Crippen LogP contribution in [0.4, 0.5) is 0 Å². The molecule has 3 rings (SSSR count). The quantitative estimate of drug-likeness (QED) is 0.401. The van der Waals surface area contributed by atoms with Crippen LogP contribution in [0.25, 0.3) is 6.08 Å². The molecule has 0 aromatic heterocycles. The van der Waals surface area contributed by atoms with Gasteiger partial charge in [-0.1, -0.05) is 54.3 Å². The van der Waals surface area contributed by atoms with Crippen molar-refractivity contribution in [2.45, 2.75) is 0 Å². The van der Waals surface area contributed by atoms with E-state index in [0.29, 0.717) is 20.5 Å². The third-order valence-corrected chi connectivity index (χ3v) is 4.20. The first kappa shape index (κ1) is 15.5. The number of thiocarbonyl (C=S) groups is 1. The fraction of sp³-hybridized carbons (Fsp3) is 0. The Bertz CT molecular complexity index is 798. The average Bonchev–Trinajstić information content (AvgIpc) is 2.87. The molecule has 1 amide bonds. The molecule has 1 heterocycles. The maximum absolute atomic E-state index is 12.0. The molecule has 0 saturated carbocycles. The van der Waals surface area contributed by atoms with E-state index in [2.05, 4.69) is 5.32 Å². The molecule has 0 atom stereocenters. The van der Waals surface area contributed by atoms with Crippen molar-refractivity contribution in [3.63, 3.8) is 0 Å². The van der Waals surface area contributed by atoms with Crippen LogP contribution < -0.4 is 10.1 Å². The van der Waals surface area contributed by atoms with Crippen molar-refractivity contribution in [2.24, 2.45) is 0 Å². The number of thioether (sulfide) groups is 1. The van der Waals surface area contributed by atoms with E-state index in [1.165, 1.54) is 11.8 Å². The highest BCUT2D eigenvalue weighted by molar-refractivity contribution is 8.26. The third-order valence-electron chi connectivity index (χ3n) is 3.04. The van der Waals surface area contributed by atoms with E-state index in [-0.39, 0.29) is 5.91 Å². The van der Waals surface area contributed by atoms with E-state index in [4.69, 9.17) is 17.0 Å². The molecule has 0 radical (unpaired) electrons. The van der Waals surface area contributed by atoms with Crippen LogP contribution in [0.5, 0.6) is 5.75 Å². The van der Waals surface area contributed by atoms with Crippen molar-refractivity contribution in [1.29, 1.82) is 0 Å². The van der Waals surface area contributed by atoms with Gasteiger partial charge in [-0.2, -0.15) is 0 Å². The number of hydrogen-bond donors (Lipinski definition) is 1. The number of esters is 1. The fourth-order valence-electron chi connectivity index (χ4n) is 1.94. The van der Waals surface area contributed by atoms with Gasteiger partial charge in [0.05, 0.1) is 10.5 Å².